The molecular weight excluding hydrogens is 297 g/mol. The van der Waals surface area contributed by atoms with Crippen molar-refractivity contribution in [1.29, 1.82) is 0 Å². The van der Waals surface area contributed by atoms with E-state index < -0.39 is 26.1 Å². The third-order valence-corrected chi connectivity index (χ3v) is 0.603. The predicted molar refractivity (Wildman–Crippen MR) is 27.9 cm³/mol. The molecule has 0 heterocycles. The highest BCUT2D eigenvalue weighted by atomic mass is 127. The fourth-order valence-corrected chi connectivity index (χ4v) is 0.387. The number of carboxylic acid groups (broad SMARTS) is 1. The number of carbonyl (C=O) groups excluding carboxylic acids is 1. The summed E-state index contributed by atoms with van der Waals surface area (Å²) in [5.74, 6) is -1.00. The molecule has 0 saturated heterocycles. The first-order chi connectivity index (χ1) is 5.42. The van der Waals surface area contributed by atoms with Gasteiger partial charge in [0.25, 0.3) is 0 Å². The second kappa shape index (κ2) is 5.67. The van der Waals surface area contributed by atoms with Gasteiger partial charge in [-0.15, -0.1) is 0 Å². The Morgan fingerprint density at radius 3 is 1.38 bits per heavy atom. The molecule has 0 saturated carbocycles. The Balaban J connectivity index is 0. The van der Waals surface area contributed by atoms with E-state index in [2.05, 4.69) is 0 Å². The molecule has 13 heavy (non-hydrogen) atoms. The van der Waals surface area contributed by atoms with Crippen LogP contribution in [0.5, 0.6) is 0 Å². The molecule has 0 aliphatic carbocycles. The highest BCUT2D eigenvalue weighted by Crippen LogP contribution is 1.84. The van der Waals surface area contributed by atoms with E-state index in [0.717, 1.165) is 0 Å². The summed E-state index contributed by atoms with van der Waals surface area (Å²) >= 11 is -5.94. The number of carboxylic acids is 1. The lowest BCUT2D eigenvalue weighted by Gasteiger charge is -2.23. The van der Waals surface area contributed by atoms with Crippen molar-refractivity contribution in [3.63, 3.8) is 0 Å². The normalized spacial score (nSPS) is 11.6. The number of nitrogens with zero attached hydrogens (tertiary/aromatic N) is 1. The van der Waals surface area contributed by atoms with Crippen LogP contribution in [-0.2, 0) is 4.79 Å². The molecule has 0 fully saturated rings. The van der Waals surface area contributed by atoms with Crippen molar-refractivity contribution in [2.24, 2.45) is 0 Å². The molecular formula is C5H11INO6-. The molecule has 0 bridgehead atoms. The van der Waals surface area contributed by atoms with Crippen LogP contribution in [0.25, 0.3) is 0 Å². The first kappa shape index (κ1) is 15.5. The summed E-state index contributed by atoms with van der Waals surface area (Å²) in [5.41, 5.74) is 0. The van der Waals surface area contributed by atoms with E-state index in [9.17, 15) is 9.90 Å². The van der Waals surface area contributed by atoms with E-state index in [4.69, 9.17) is 13.7 Å². The number of hydrogen-bond donors (Lipinski definition) is 0. The summed E-state index contributed by atoms with van der Waals surface area (Å²) in [6.07, 6.45) is 0. The third-order valence-electron chi connectivity index (χ3n) is 0.603. The maximum Gasteiger partial charge on any atom is 0.144 e. The molecule has 0 radical (unpaired) electrons. The van der Waals surface area contributed by atoms with Crippen LogP contribution in [0.4, 0.5) is 0 Å². The zero-order chi connectivity index (χ0) is 11.3. The molecule has 0 rings (SSSR count). The lowest BCUT2D eigenvalue weighted by Crippen LogP contribution is -4.29. The number of carbonyl (C=O) groups is 1. The number of hydrogen-bond acceptors (Lipinski definition) is 6. The fraction of sp³-hybridized carbons (Fsp3) is 0.800. The Bertz CT molecular complexity index is 153. The molecule has 0 aromatic heterocycles. The smallest absolute Gasteiger partial charge is 0.144 e. The third kappa shape index (κ3) is 48.0. The van der Waals surface area contributed by atoms with Gasteiger partial charge in [0.15, 0.2) is 0 Å². The Morgan fingerprint density at radius 2 is 1.38 bits per heavy atom. The minimum atomic E-state index is -5.94. The highest BCUT2D eigenvalue weighted by Gasteiger charge is 2.04. The Morgan fingerprint density at radius 1 is 1.15 bits per heavy atom. The average molecular weight is 308 g/mol. The molecule has 0 amide bonds. The lowest BCUT2D eigenvalue weighted by atomic mass is 10.5. The summed E-state index contributed by atoms with van der Waals surface area (Å²) in [5, 5.41) is 9.89. The van der Waals surface area contributed by atoms with Crippen LogP contribution in [0.1, 0.15) is 0 Å². The number of aliphatic carboxylic acids is 1. The average Bonchev–Trinajstić information content (AvgIpc) is 1.47. The SMILES string of the molecule is C[N+](C)(C)CC(=O)[O-].[O-][I+3]([O-])([O-])[O-]. The van der Waals surface area contributed by atoms with Crippen LogP contribution in [0.2, 0.25) is 0 Å². The molecule has 0 N–H and O–H groups in total. The van der Waals surface area contributed by atoms with E-state index >= 15 is 0 Å². The molecule has 8 heteroatoms. The maximum absolute atomic E-state index is 9.89. The van der Waals surface area contributed by atoms with Crippen LogP contribution in [-0.4, -0.2) is 38.1 Å². The number of halogens is 1. The molecule has 0 atom stereocenters. The van der Waals surface area contributed by atoms with Crippen molar-refractivity contribution in [3.05, 3.63) is 0 Å². The first-order valence-electron chi connectivity index (χ1n) is 3.04. The van der Waals surface area contributed by atoms with Crippen LogP contribution in [0.15, 0.2) is 0 Å². The van der Waals surface area contributed by atoms with Crippen LogP contribution in [0, 0.1) is 0 Å². The minimum Gasteiger partial charge on any atom is -0.544 e. The summed E-state index contributed by atoms with van der Waals surface area (Å²) in [6.45, 7) is 0.0694. The van der Waals surface area contributed by atoms with Gasteiger partial charge < -0.3 is 14.4 Å². The molecule has 0 aliphatic heterocycles. The summed E-state index contributed by atoms with van der Waals surface area (Å²) in [7, 11) is 5.40. The van der Waals surface area contributed by atoms with Gasteiger partial charge in [0.1, 0.15) is 26.6 Å². The number of likely N-dealkylation sites (N-methyl/N-ethyl adjacent to an activating group) is 1. The van der Waals surface area contributed by atoms with E-state index in [-0.39, 0.29) is 6.54 Å². The van der Waals surface area contributed by atoms with Gasteiger partial charge in [-0.25, -0.2) is 0 Å². The van der Waals surface area contributed by atoms with Crippen molar-refractivity contribution in [1.82, 2.24) is 0 Å². The Kier molecular flexibility index (Phi) is 6.75. The van der Waals surface area contributed by atoms with Gasteiger partial charge >= 0.3 is 0 Å². The summed E-state index contributed by atoms with van der Waals surface area (Å²) in [4.78, 5) is 9.89. The molecule has 0 spiro atoms. The van der Waals surface area contributed by atoms with Crippen LogP contribution < -0.4 is 38.9 Å². The largest absolute Gasteiger partial charge is 0.544 e. The second-order valence-corrected chi connectivity index (χ2v) is 5.36. The first-order valence-corrected chi connectivity index (χ1v) is 6.56. The topological polar surface area (TPSA) is 132 Å². The highest BCUT2D eigenvalue weighted by molar-refractivity contribution is 5.65. The molecule has 0 aliphatic rings. The van der Waals surface area contributed by atoms with Crippen LogP contribution >= 0.6 is 0 Å². The molecule has 0 aromatic rings. The van der Waals surface area contributed by atoms with E-state index in [1.165, 1.54) is 0 Å². The zero-order valence-corrected chi connectivity index (χ0v) is 9.64. The molecule has 7 nitrogen and oxygen atoms in total. The zero-order valence-electron chi connectivity index (χ0n) is 7.48. The fourth-order valence-electron chi connectivity index (χ4n) is 0.387. The molecule has 80 valence electrons. The van der Waals surface area contributed by atoms with Crippen molar-refractivity contribution >= 4 is 5.97 Å². The van der Waals surface area contributed by atoms with Gasteiger partial charge in [0.05, 0.1) is 27.1 Å². The van der Waals surface area contributed by atoms with E-state index in [0.29, 0.717) is 4.48 Å². The Labute approximate surface area is 82.1 Å². The van der Waals surface area contributed by atoms with Gasteiger partial charge in [-0.1, -0.05) is 0 Å². The monoisotopic (exact) mass is 308 g/mol. The van der Waals surface area contributed by atoms with Gasteiger partial charge in [0, 0.05) is 0 Å². The van der Waals surface area contributed by atoms with Crippen molar-refractivity contribution in [3.8, 4) is 0 Å². The molecule has 0 aromatic carbocycles. The summed E-state index contributed by atoms with van der Waals surface area (Å²) < 4.78 is 34.9. The Hall–Kier alpha value is -0.000000000000000125. The van der Waals surface area contributed by atoms with Gasteiger partial charge in [0.2, 0.25) is 0 Å². The number of rotatable bonds is 2. The van der Waals surface area contributed by atoms with Gasteiger partial charge in [-0.05, 0) is 0 Å². The van der Waals surface area contributed by atoms with E-state index in [1.54, 1.807) is 21.1 Å². The molecule has 0 unspecified atom stereocenters. The second-order valence-electron chi connectivity index (χ2n) is 3.20. The predicted octanol–water partition coefficient (Wildman–Crippen LogP) is -9.31. The van der Waals surface area contributed by atoms with E-state index in [1.807, 2.05) is 0 Å². The summed E-state index contributed by atoms with van der Waals surface area (Å²) in [6, 6.07) is 0. The lowest BCUT2D eigenvalue weighted by molar-refractivity contribution is -2.00. The van der Waals surface area contributed by atoms with Crippen molar-refractivity contribution in [2.75, 3.05) is 27.7 Å². The minimum absolute atomic E-state index is 0.0694. The number of quaternary nitrogens is 1. The van der Waals surface area contributed by atoms with Crippen molar-refractivity contribution in [2.45, 2.75) is 0 Å². The quantitative estimate of drug-likeness (QED) is 0.367. The standard InChI is InChI=1S/C5H11NO2.IO4/c1-6(2,3)4-5(7)8;2-1(3,4)5/h4H2,1-3H3;/q;-1. The van der Waals surface area contributed by atoms with Gasteiger partial charge in [-0.2, -0.15) is 0 Å². The van der Waals surface area contributed by atoms with Crippen molar-refractivity contribution < 1.29 is 48.2 Å². The van der Waals surface area contributed by atoms with Gasteiger partial charge in [-0.3, -0.25) is 13.7 Å². The maximum atomic E-state index is 9.89. The van der Waals surface area contributed by atoms with Crippen LogP contribution in [0.3, 0.4) is 0 Å².